The molecule has 0 radical (unpaired) electrons. The van der Waals surface area contributed by atoms with Crippen LogP contribution in [-0.4, -0.2) is 44.6 Å². The van der Waals surface area contributed by atoms with Gasteiger partial charge >= 0.3 is 0 Å². The number of benzene rings is 1. The van der Waals surface area contributed by atoms with Gasteiger partial charge in [0.05, 0.1) is 0 Å². The Kier molecular flexibility index (Phi) is 8.47. The smallest absolute Gasteiger partial charge is 0.191 e. The van der Waals surface area contributed by atoms with E-state index in [4.69, 9.17) is 0 Å². The average Bonchev–Trinajstić information content (AvgIpc) is 2.49. The number of hydrogen-bond donors (Lipinski definition) is 2. The summed E-state index contributed by atoms with van der Waals surface area (Å²) in [5.74, 6) is 0.859. The molecule has 0 unspecified atom stereocenters. The summed E-state index contributed by atoms with van der Waals surface area (Å²) in [5.41, 5.74) is 1.26. The molecule has 0 heterocycles. The number of unbranched alkanes of at least 4 members (excludes halogenated alkanes) is 1. The number of aliphatic imine (C=N–C) groups is 1. The van der Waals surface area contributed by atoms with Gasteiger partial charge < -0.3 is 15.5 Å². The molecule has 0 saturated carbocycles. The maximum Gasteiger partial charge on any atom is 0.191 e. The Hall–Kier alpha value is -1.55. The highest BCUT2D eigenvalue weighted by atomic mass is 15.2. The van der Waals surface area contributed by atoms with Crippen LogP contribution in [0.25, 0.3) is 0 Å². The van der Waals surface area contributed by atoms with Gasteiger partial charge in [-0.15, -0.1) is 0 Å². The lowest BCUT2D eigenvalue weighted by molar-refractivity contribution is 0.332. The van der Waals surface area contributed by atoms with Crippen molar-refractivity contribution in [1.82, 2.24) is 15.5 Å². The van der Waals surface area contributed by atoms with Gasteiger partial charge in [0.1, 0.15) is 0 Å². The second kappa shape index (κ2) is 10.3. The zero-order chi connectivity index (χ0) is 14.6. The van der Waals surface area contributed by atoms with Gasteiger partial charge in [-0.3, -0.25) is 4.99 Å². The van der Waals surface area contributed by atoms with E-state index in [0.29, 0.717) is 0 Å². The van der Waals surface area contributed by atoms with Crippen LogP contribution in [0.3, 0.4) is 0 Å². The summed E-state index contributed by atoms with van der Waals surface area (Å²) in [7, 11) is 3.97. The van der Waals surface area contributed by atoms with Crippen molar-refractivity contribution >= 4 is 5.96 Å². The standard InChI is InChI=1S/C16H28N4/c1-4-5-12-20(3)13-11-18-16(17-2)19-14-15-9-7-6-8-10-15/h6-10H,4-5,11-14H2,1-3H3,(H2,17,18,19). The first kappa shape index (κ1) is 16.5. The van der Waals surface area contributed by atoms with E-state index in [9.17, 15) is 0 Å². The summed E-state index contributed by atoms with van der Waals surface area (Å²) >= 11 is 0. The first-order valence-electron chi connectivity index (χ1n) is 7.43. The van der Waals surface area contributed by atoms with Gasteiger partial charge in [0.15, 0.2) is 5.96 Å². The van der Waals surface area contributed by atoms with Crippen LogP contribution in [0.2, 0.25) is 0 Å². The predicted molar refractivity (Wildman–Crippen MR) is 87.0 cm³/mol. The highest BCUT2D eigenvalue weighted by Gasteiger charge is 2.00. The van der Waals surface area contributed by atoms with Crippen LogP contribution >= 0.6 is 0 Å². The van der Waals surface area contributed by atoms with Crippen molar-refractivity contribution in [3.63, 3.8) is 0 Å². The lowest BCUT2D eigenvalue weighted by Crippen LogP contribution is -2.40. The van der Waals surface area contributed by atoms with E-state index in [2.05, 4.69) is 58.8 Å². The SMILES string of the molecule is CCCCN(C)CCNC(=NC)NCc1ccccc1. The molecule has 1 rings (SSSR count). The quantitative estimate of drug-likeness (QED) is 0.564. The van der Waals surface area contributed by atoms with Crippen molar-refractivity contribution in [2.24, 2.45) is 4.99 Å². The molecule has 0 bridgehead atoms. The maximum absolute atomic E-state index is 4.24. The molecule has 1 aromatic rings. The summed E-state index contributed by atoms with van der Waals surface area (Å²) in [4.78, 5) is 6.59. The lowest BCUT2D eigenvalue weighted by atomic mass is 10.2. The van der Waals surface area contributed by atoms with Gasteiger partial charge in [-0.2, -0.15) is 0 Å². The third-order valence-electron chi connectivity index (χ3n) is 3.21. The van der Waals surface area contributed by atoms with Crippen LogP contribution in [-0.2, 0) is 6.54 Å². The van der Waals surface area contributed by atoms with Crippen LogP contribution < -0.4 is 10.6 Å². The van der Waals surface area contributed by atoms with E-state index < -0.39 is 0 Å². The zero-order valence-electron chi connectivity index (χ0n) is 13.0. The molecule has 0 aliphatic rings. The highest BCUT2D eigenvalue weighted by Crippen LogP contribution is 1.96. The molecule has 4 nitrogen and oxygen atoms in total. The molecule has 0 aliphatic heterocycles. The first-order chi connectivity index (χ1) is 9.76. The molecule has 0 aliphatic carbocycles. The molecule has 4 heteroatoms. The van der Waals surface area contributed by atoms with Gasteiger partial charge in [-0.05, 0) is 25.6 Å². The molecule has 20 heavy (non-hydrogen) atoms. The fourth-order valence-corrected chi connectivity index (χ4v) is 1.91. The van der Waals surface area contributed by atoms with E-state index in [1.165, 1.54) is 18.4 Å². The van der Waals surface area contributed by atoms with Gasteiger partial charge in [-0.1, -0.05) is 43.7 Å². The van der Waals surface area contributed by atoms with Crippen molar-refractivity contribution in [3.8, 4) is 0 Å². The summed E-state index contributed by atoms with van der Waals surface area (Å²) < 4.78 is 0. The Morgan fingerprint density at radius 3 is 2.55 bits per heavy atom. The van der Waals surface area contributed by atoms with Crippen LogP contribution in [0.1, 0.15) is 25.3 Å². The largest absolute Gasteiger partial charge is 0.355 e. The summed E-state index contributed by atoms with van der Waals surface area (Å²) in [6, 6.07) is 10.4. The fraction of sp³-hybridized carbons (Fsp3) is 0.562. The highest BCUT2D eigenvalue weighted by molar-refractivity contribution is 5.79. The van der Waals surface area contributed by atoms with Crippen molar-refractivity contribution < 1.29 is 0 Å². The summed E-state index contributed by atoms with van der Waals surface area (Å²) in [5, 5.41) is 6.67. The van der Waals surface area contributed by atoms with E-state index in [-0.39, 0.29) is 0 Å². The predicted octanol–water partition coefficient (Wildman–Crippen LogP) is 2.08. The van der Waals surface area contributed by atoms with E-state index in [1.54, 1.807) is 7.05 Å². The molecular formula is C16H28N4. The third-order valence-corrected chi connectivity index (χ3v) is 3.21. The minimum Gasteiger partial charge on any atom is -0.355 e. The second-order valence-corrected chi connectivity index (χ2v) is 4.99. The number of rotatable bonds is 8. The van der Waals surface area contributed by atoms with Crippen molar-refractivity contribution in [2.45, 2.75) is 26.3 Å². The second-order valence-electron chi connectivity index (χ2n) is 4.99. The molecule has 0 amide bonds. The molecule has 0 saturated heterocycles. The Morgan fingerprint density at radius 1 is 1.15 bits per heavy atom. The van der Waals surface area contributed by atoms with E-state index in [1.807, 2.05) is 6.07 Å². The Bertz CT molecular complexity index is 375. The number of nitrogens with one attached hydrogen (secondary N) is 2. The van der Waals surface area contributed by atoms with Crippen LogP contribution in [0, 0.1) is 0 Å². The maximum atomic E-state index is 4.24. The molecule has 0 atom stereocenters. The molecule has 0 spiro atoms. The van der Waals surface area contributed by atoms with Crippen molar-refractivity contribution in [3.05, 3.63) is 35.9 Å². The van der Waals surface area contributed by atoms with Gasteiger partial charge in [0.2, 0.25) is 0 Å². The zero-order valence-corrected chi connectivity index (χ0v) is 13.0. The summed E-state index contributed by atoms with van der Waals surface area (Å²) in [6.45, 7) is 6.13. The summed E-state index contributed by atoms with van der Waals surface area (Å²) in [6.07, 6.45) is 2.51. The number of likely N-dealkylation sites (N-methyl/N-ethyl adjacent to an activating group) is 1. The number of hydrogen-bond acceptors (Lipinski definition) is 2. The van der Waals surface area contributed by atoms with Gasteiger partial charge in [0.25, 0.3) is 0 Å². The molecule has 1 aromatic carbocycles. The van der Waals surface area contributed by atoms with Crippen LogP contribution in [0.5, 0.6) is 0 Å². The van der Waals surface area contributed by atoms with Crippen molar-refractivity contribution in [1.29, 1.82) is 0 Å². The van der Waals surface area contributed by atoms with E-state index in [0.717, 1.165) is 32.1 Å². The number of guanidine groups is 1. The topological polar surface area (TPSA) is 39.7 Å². The first-order valence-corrected chi connectivity index (χ1v) is 7.43. The minimum atomic E-state index is 0.798. The Balaban J connectivity index is 2.20. The molecule has 2 N–H and O–H groups in total. The average molecular weight is 276 g/mol. The monoisotopic (exact) mass is 276 g/mol. The fourth-order valence-electron chi connectivity index (χ4n) is 1.91. The van der Waals surface area contributed by atoms with Crippen molar-refractivity contribution in [2.75, 3.05) is 33.7 Å². The Labute approximate surface area is 123 Å². The molecule has 112 valence electrons. The molecular weight excluding hydrogens is 248 g/mol. The normalized spacial score (nSPS) is 11.7. The van der Waals surface area contributed by atoms with Crippen LogP contribution in [0.15, 0.2) is 35.3 Å². The van der Waals surface area contributed by atoms with Gasteiger partial charge in [0, 0.05) is 26.7 Å². The molecule has 0 fully saturated rings. The minimum absolute atomic E-state index is 0.798. The van der Waals surface area contributed by atoms with Gasteiger partial charge in [-0.25, -0.2) is 0 Å². The molecule has 0 aromatic heterocycles. The third kappa shape index (κ3) is 7.14. The Morgan fingerprint density at radius 2 is 1.90 bits per heavy atom. The number of nitrogens with zero attached hydrogens (tertiary/aromatic N) is 2. The lowest BCUT2D eigenvalue weighted by Gasteiger charge is -2.18. The van der Waals surface area contributed by atoms with Crippen LogP contribution in [0.4, 0.5) is 0 Å². The van der Waals surface area contributed by atoms with E-state index >= 15 is 0 Å².